The highest BCUT2D eigenvalue weighted by atomic mass is 32.1. The van der Waals surface area contributed by atoms with Crippen LogP contribution >= 0.6 is 11.3 Å². The van der Waals surface area contributed by atoms with Gasteiger partial charge >= 0.3 is 0 Å². The third kappa shape index (κ3) is 3.02. The Morgan fingerprint density at radius 1 is 1.23 bits per heavy atom. The number of rotatable bonds is 4. The number of hydrogen-bond donors (Lipinski definition) is 1. The standard InChI is InChI=1S/C18H13FN4O2S/c1-25-13-6-7-14-16(8-13)26-18(21-14)22-17(24)15-9-20-10-23(15)12-4-2-11(19)3-5-12/h2-10H,1H3,(H,21,22,24). The van der Waals surface area contributed by atoms with E-state index in [1.165, 1.54) is 36.0 Å². The molecule has 4 rings (SSSR count). The van der Waals surface area contributed by atoms with Gasteiger partial charge in [0.05, 0.1) is 29.9 Å². The highest BCUT2D eigenvalue weighted by Crippen LogP contribution is 2.29. The maximum Gasteiger partial charge on any atom is 0.276 e. The molecule has 0 unspecified atom stereocenters. The number of nitrogens with zero attached hydrogens (tertiary/aromatic N) is 3. The number of carbonyl (C=O) groups is 1. The van der Waals surface area contributed by atoms with Crippen molar-refractivity contribution in [1.29, 1.82) is 0 Å². The molecule has 0 spiro atoms. The summed E-state index contributed by atoms with van der Waals surface area (Å²) in [5, 5.41) is 3.26. The lowest BCUT2D eigenvalue weighted by Crippen LogP contribution is -2.15. The average Bonchev–Trinajstić information content (AvgIpc) is 3.28. The first-order valence-corrected chi connectivity index (χ1v) is 8.50. The van der Waals surface area contributed by atoms with E-state index >= 15 is 0 Å². The number of hydrogen-bond acceptors (Lipinski definition) is 5. The Bertz CT molecular complexity index is 1090. The molecule has 0 radical (unpaired) electrons. The number of nitrogens with one attached hydrogen (secondary N) is 1. The minimum atomic E-state index is -0.349. The van der Waals surface area contributed by atoms with Crippen LogP contribution in [-0.2, 0) is 0 Å². The minimum absolute atomic E-state index is 0.327. The number of fused-ring (bicyclic) bond motifs is 1. The Hall–Kier alpha value is -3.26. The van der Waals surface area contributed by atoms with E-state index in [1.807, 2.05) is 18.2 Å². The molecule has 0 aliphatic heterocycles. The summed E-state index contributed by atoms with van der Waals surface area (Å²) in [6.45, 7) is 0. The minimum Gasteiger partial charge on any atom is -0.497 e. The van der Waals surface area contributed by atoms with Gasteiger partial charge in [-0.3, -0.25) is 14.7 Å². The monoisotopic (exact) mass is 368 g/mol. The molecule has 0 fully saturated rings. The molecule has 0 aliphatic carbocycles. The maximum absolute atomic E-state index is 13.1. The summed E-state index contributed by atoms with van der Waals surface area (Å²) in [6.07, 6.45) is 2.96. The number of halogens is 1. The number of benzene rings is 2. The molecule has 2 aromatic heterocycles. The zero-order valence-corrected chi connectivity index (χ0v) is 14.5. The summed E-state index contributed by atoms with van der Waals surface area (Å²) >= 11 is 1.35. The molecule has 2 heterocycles. The molecule has 4 aromatic rings. The van der Waals surface area contributed by atoms with E-state index in [-0.39, 0.29) is 11.7 Å². The summed E-state index contributed by atoms with van der Waals surface area (Å²) in [5.41, 5.74) is 1.75. The summed E-state index contributed by atoms with van der Waals surface area (Å²) in [4.78, 5) is 21.1. The predicted molar refractivity (Wildman–Crippen MR) is 97.6 cm³/mol. The highest BCUT2D eigenvalue weighted by Gasteiger charge is 2.15. The van der Waals surface area contributed by atoms with Gasteiger partial charge in [0.15, 0.2) is 5.13 Å². The van der Waals surface area contributed by atoms with E-state index in [4.69, 9.17) is 4.74 Å². The first-order valence-electron chi connectivity index (χ1n) is 7.68. The van der Waals surface area contributed by atoms with Crippen molar-refractivity contribution in [2.24, 2.45) is 0 Å². The molecule has 130 valence electrons. The Balaban J connectivity index is 1.61. The van der Waals surface area contributed by atoms with Crippen LogP contribution < -0.4 is 10.1 Å². The van der Waals surface area contributed by atoms with Gasteiger partial charge in [-0.1, -0.05) is 11.3 Å². The van der Waals surface area contributed by atoms with Crippen LogP contribution in [-0.4, -0.2) is 27.6 Å². The van der Waals surface area contributed by atoms with E-state index in [0.717, 1.165) is 16.0 Å². The van der Waals surface area contributed by atoms with Crippen molar-refractivity contribution in [3.8, 4) is 11.4 Å². The van der Waals surface area contributed by atoms with Gasteiger partial charge in [-0.15, -0.1) is 0 Å². The molecule has 26 heavy (non-hydrogen) atoms. The number of aromatic nitrogens is 3. The lowest BCUT2D eigenvalue weighted by molar-refractivity contribution is 0.102. The molecule has 8 heteroatoms. The van der Waals surface area contributed by atoms with Crippen molar-refractivity contribution in [1.82, 2.24) is 14.5 Å². The van der Waals surface area contributed by atoms with Gasteiger partial charge in [0, 0.05) is 5.69 Å². The lowest BCUT2D eigenvalue weighted by Gasteiger charge is -2.07. The highest BCUT2D eigenvalue weighted by molar-refractivity contribution is 7.22. The predicted octanol–water partition coefficient (Wildman–Crippen LogP) is 3.88. The van der Waals surface area contributed by atoms with Gasteiger partial charge in [-0.05, 0) is 42.5 Å². The molecular formula is C18H13FN4O2S. The Kier molecular flexibility index (Phi) is 4.10. The van der Waals surface area contributed by atoms with Gasteiger partial charge in [0.1, 0.15) is 17.3 Å². The topological polar surface area (TPSA) is 69.0 Å². The van der Waals surface area contributed by atoms with E-state index < -0.39 is 0 Å². The second-order valence-corrected chi connectivity index (χ2v) is 6.46. The van der Waals surface area contributed by atoms with Gasteiger partial charge < -0.3 is 4.74 Å². The maximum atomic E-state index is 13.1. The van der Waals surface area contributed by atoms with E-state index in [0.29, 0.717) is 16.5 Å². The molecule has 1 N–H and O–H groups in total. The quantitative estimate of drug-likeness (QED) is 0.593. The van der Waals surface area contributed by atoms with Crippen molar-refractivity contribution in [2.45, 2.75) is 0 Å². The molecule has 0 saturated heterocycles. The first kappa shape index (κ1) is 16.2. The van der Waals surface area contributed by atoms with Crippen LogP contribution in [0, 0.1) is 5.82 Å². The average molecular weight is 368 g/mol. The van der Waals surface area contributed by atoms with Gasteiger partial charge in [-0.25, -0.2) is 14.4 Å². The lowest BCUT2D eigenvalue weighted by atomic mass is 10.3. The molecule has 0 saturated carbocycles. The third-order valence-electron chi connectivity index (χ3n) is 3.79. The normalized spacial score (nSPS) is 10.8. The molecule has 0 bridgehead atoms. The van der Waals surface area contributed by atoms with Gasteiger partial charge in [0.2, 0.25) is 0 Å². The molecule has 0 atom stereocenters. The molecule has 6 nitrogen and oxygen atoms in total. The van der Waals surface area contributed by atoms with Crippen molar-refractivity contribution in [3.05, 3.63) is 66.5 Å². The zero-order valence-electron chi connectivity index (χ0n) is 13.6. The van der Waals surface area contributed by atoms with Crippen LogP contribution in [0.25, 0.3) is 15.9 Å². The van der Waals surface area contributed by atoms with E-state index in [2.05, 4.69) is 15.3 Å². The second kappa shape index (κ2) is 6.57. The Morgan fingerprint density at radius 3 is 2.81 bits per heavy atom. The van der Waals surface area contributed by atoms with Crippen LogP contribution in [0.1, 0.15) is 10.5 Å². The fourth-order valence-electron chi connectivity index (χ4n) is 2.52. The summed E-state index contributed by atoms with van der Waals surface area (Å²) in [6, 6.07) is 11.3. The largest absolute Gasteiger partial charge is 0.497 e. The fourth-order valence-corrected chi connectivity index (χ4v) is 3.41. The van der Waals surface area contributed by atoms with E-state index in [1.54, 1.807) is 23.8 Å². The smallest absolute Gasteiger partial charge is 0.276 e. The van der Waals surface area contributed by atoms with Crippen LogP contribution in [0.3, 0.4) is 0 Å². The number of thiazole rings is 1. The van der Waals surface area contributed by atoms with Crippen molar-refractivity contribution >= 4 is 32.6 Å². The molecule has 1 amide bonds. The molecule has 0 aliphatic rings. The van der Waals surface area contributed by atoms with Crippen molar-refractivity contribution < 1.29 is 13.9 Å². The molecular weight excluding hydrogens is 355 g/mol. The number of carbonyl (C=O) groups excluding carboxylic acids is 1. The Morgan fingerprint density at radius 2 is 2.04 bits per heavy atom. The Labute approximate surface area is 151 Å². The number of amides is 1. The summed E-state index contributed by atoms with van der Waals surface area (Å²) in [5.74, 6) is 0.0380. The summed E-state index contributed by atoms with van der Waals surface area (Å²) < 4.78 is 20.8. The van der Waals surface area contributed by atoms with Crippen LogP contribution in [0.5, 0.6) is 5.75 Å². The number of imidazole rings is 1. The van der Waals surface area contributed by atoms with E-state index in [9.17, 15) is 9.18 Å². The van der Waals surface area contributed by atoms with Crippen molar-refractivity contribution in [3.63, 3.8) is 0 Å². The number of anilines is 1. The van der Waals surface area contributed by atoms with Crippen molar-refractivity contribution in [2.75, 3.05) is 12.4 Å². The first-order chi connectivity index (χ1) is 12.6. The summed E-state index contributed by atoms with van der Waals surface area (Å²) in [7, 11) is 1.60. The van der Waals surface area contributed by atoms with Crippen LogP contribution in [0.2, 0.25) is 0 Å². The van der Waals surface area contributed by atoms with Gasteiger partial charge in [0.25, 0.3) is 5.91 Å². The second-order valence-electron chi connectivity index (χ2n) is 5.43. The SMILES string of the molecule is COc1ccc2nc(NC(=O)c3cncn3-c3ccc(F)cc3)sc2c1. The fraction of sp³-hybridized carbons (Fsp3) is 0.0556. The zero-order chi connectivity index (χ0) is 18.1. The van der Waals surface area contributed by atoms with Gasteiger partial charge in [-0.2, -0.15) is 0 Å². The third-order valence-corrected chi connectivity index (χ3v) is 4.73. The van der Waals surface area contributed by atoms with Crippen LogP contribution in [0.15, 0.2) is 55.0 Å². The number of methoxy groups -OCH3 is 1. The number of ether oxygens (including phenoxy) is 1. The molecule has 2 aromatic carbocycles. The van der Waals surface area contributed by atoms with Crippen LogP contribution in [0.4, 0.5) is 9.52 Å².